The van der Waals surface area contributed by atoms with E-state index in [1.165, 1.54) is 7.05 Å². The molecule has 1 aromatic carbocycles. The maximum absolute atomic E-state index is 11.4. The minimum atomic E-state index is -1.08. The van der Waals surface area contributed by atoms with Gasteiger partial charge < -0.3 is 19.5 Å². The number of carbonyl (C=O) groups is 2. The van der Waals surface area contributed by atoms with Gasteiger partial charge in [-0.1, -0.05) is 12.1 Å². The summed E-state index contributed by atoms with van der Waals surface area (Å²) >= 11 is 0. The number of aliphatic carboxylic acids is 1. The smallest absolute Gasteiger partial charge is 0.410 e. The van der Waals surface area contributed by atoms with Gasteiger partial charge in [0, 0.05) is 7.05 Å². The molecule has 0 saturated carbocycles. The first-order chi connectivity index (χ1) is 9.02. The zero-order chi connectivity index (χ0) is 14.3. The summed E-state index contributed by atoms with van der Waals surface area (Å²) in [7, 11) is 1.37. The Hall–Kier alpha value is -2.24. The summed E-state index contributed by atoms with van der Waals surface area (Å²) in [5.41, 5.74) is 0.806. The SMILES string of the molecule is CCOc1ccc(COC(=O)N(C)CC(=O)O)cc1. The van der Waals surface area contributed by atoms with Crippen LogP contribution in [0.25, 0.3) is 0 Å². The van der Waals surface area contributed by atoms with Gasteiger partial charge in [-0.3, -0.25) is 4.79 Å². The lowest BCUT2D eigenvalue weighted by molar-refractivity contribution is -0.137. The molecular formula is C13H17NO5. The minimum absolute atomic E-state index is 0.0925. The molecule has 1 rings (SSSR count). The highest BCUT2D eigenvalue weighted by Crippen LogP contribution is 2.12. The quantitative estimate of drug-likeness (QED) is 0.849. The van der Waals surface area contributed by atoms with E-state index >= 15 is 0 Å². The summed E-state index contributed by atoms with van der Waals surface area (Å²) in [5, 5.41) is 8.54. The fraction of sp³-hybridized carbons (Fsp3) is 0.385. The molecule has 0 atom stereocenters. The molecule has 0 fully saturated rings. The van der Waals surface area contributed by atoms with Gasteiger partial charge in [-0.15, -0.1) is 0 Å². The molecular weight excluding hydrogens is 250 g/mol. The number of hydrogen-bond acceptors (Lipinski definition) is 4. The highest BCUT2D eigenvalue weighted by atomic mass is 16.6. The number of carbonyl (C=O) groups excluding carboxylic acids is 1. The molecule has 0 aromatic heterocycles. The number of rotatable bonds is 6. The highest BCUT2D eigenvalue weighted by Gasteiger charge is 2.13. The Kier molecular flexibility index (Phi) is 5.66. The van der Waals surface area contributed by atoms with Gasteiger partial charge in [0.15, 0.2) is 0 Å². The molecule has 104 valence electrons. The molecule has 0 aliphatic heterocycles. The second kappa shape index (κ2) is 7.25. The van der Waals surface area contributed by atoms with E-state index in [1.807, 2.05) is 6.92 Å². The van der Waals surface area contributed by atoms with Crippen LogP contribution in [0.1, 0.15) is 12.5 Å². The molecule has 1 aromatic rings. The van der Waals surface area contributed by atoms with Crippen molar-refractivity contribution in [2.24, 2.45) is 0 Å². The van der Waals surface area contributed by atoms with Gasteiger partial charge in [0.05, 0.1) is 6.61 Å². The first-order valence-corrected chi connectivity index (χ1v) is 5.84. The van der Waals surface area contributed by atoms with Gasteiger partial charge in [-0.05, 0) is 24.6 Å². The third-order valence-electron chi connectivity index (χ3n) is 2.28. The normalized spacial score (nSPS) is 9.79. The third-order valence-corrected chi connectivity index (χ3v) is 2.28. The predicted molar refractivity (Wildman–Crippen MR) is 68.1 cm³/mol. The lowest BCUT2D eigenvalue weighted by Gasteiger charge is -2.14. The van der Waals surface area contributed by atoms with Crippen molar-refractivity contribution in [1.29, 1.82) is 0 Å². The Bertz CT molecular complexity index is 429. The number of nitrogens with zero attached hydrogens (tertiary/aromatic N) is 1. The van der Waals surface area contributed by atoms with E-state index in [-0.39, 0.29) is 13.2 Å². The van der Waals surface area contributed by atoms with Crippen molar-refractivity contribution in [3.05, 3.63) is 29.8 Å². The van der Waals surface area contributed by atoms with Gasteiger partial charge in [0.1, 0.15) is 18.9 Å². The van der Waals surface area contributed by atoms with Crippen LogP contribution in [0.4, 0.5) is 4.79 Å². The van der Waals surface area contributed by atoms with Crippen molar-refractivity contribution in [1.82, 2.24) is 4.90 Å². The summed E-state index contributed by atoms with van der Waals surface area (Å²) in [6.07, 6.45) is -0.670. The zero-order valence-corrected chi connectivity index (χ0v) is 11.0. The molecule has 0 saturated heterocycles. The molecule has 0 radical (unpaired) electrons. The van der Waals surface area contributed by atoms with Crippen molar-refractivity contribution < 1.29 is 24.2 Å². The van der Waals surface area contributed by atoms with Crippen LogP contribution in [-0.4, -0.2) is 42.3 Å². The van der Waals surface area contributed by atoms with Crippen molar-refractivity contribution in [2.75, 3.05) is 20.2 Å². The standard InChI is InChI=1S/C13H17NO5/c1-3-18-11-6-4-10(5-7-11)9-19-13(17)14(2)8-12(15)16/h4-7H,3,8-9H2,1-2H3,(H,15,16). The Morgan fingerprint density at radius 1 is 1.26 bits per heavy atom. The molecule has 19 heavy (non-hydrogen) atoms. The molecule has 1 amide bonds. The van der Waals surface area contributed by atoms with Crippen LogP contribution >= 0.6 is 0 Å². The first kappa shape index (κ1) is 14.8. The van der Waals surface area contributed by atoms with E-state index in [2.05, 4.69) is 0 Å². The number of ether oxygens (including phenoxy) is 2. The molecule has 0 bridgehead atoms. The molecule has 6 heteroatoms. The summed E-state index contributed by atoms with van der Waals surface area (Å²) in [5.74, 6) is -0.332. The van der Waals surface area contributed by atoms with Crippen LogP contribution < -0.4 is 4.74 Å². The second-order valence-electron chi connectivity index (χ2n) is 3.88. The largest absolute Gasteiger partial charge is 0.494 e. The van der Waals surface area contributed by atoms with Crippen molar-refractivity contribution in [3.8, 4) is 5.75 Å². The number of amides is 1. The lowest BCUT2D eigenvalue weighted by atomic mass is 10.2. The number of likely N-dealkylation sites (N-methyl/N-ethyl adjacent to an activating group) is 1. The fourth-order valence-electron chi connectivity index (χ4n) is 1.37. The first-order valence-electron chi connectivity index (χ1n) is 5.84. The number of benzene rings is 1. The van der Waals surface area contributed by atoms with Gasteiger partial charge >= 0.3 is 12.1 Å². The fourth-order valence-corrected chi connectivity index (χ4v) is 1.37. The van der Waals surface area contributed by atoms with Crippen LogP contribution in [0.15, 0.2) is 24.3 Å². The third kappa shape index (κ3) is 5.29. The highest BCUT2D eigenvalue weighted by molar-refractivity contribution is 5.76. The number of hydrogen-bond donors (Lipinski definition) is 1. The van der Waals surface area contributed by atoms with Gasteiger partial charge in [-0.25, -0.2) is 4.79 Å². The van der Waals surface area contributed by atoms with Crippen LogP contribution in [0.3, 0.4) is 0 Å². The number of carboxylic acids is 1. The summed E-state index contributed by atoms with van der Waals surface area (Å²) < 4.78 is 10.3. The summed E-state index contributed by atoms with van der Waals surface area (Å²) in [6.45, 7) is 2.19. The Balaban J connectivity index is 2.43. The van der Waals surface area contributed by atoms with Gasteiger partial charge in [0.25, 0.3) is 0 Å². The summed E-state index contributed by atoms with van der Waals surface area (Å²) in [6, 6.07) is 7.15. The average molecular weight is 267 g/mol. The Labute approximate surface area is 111 Å². The lowest BCUT2D eigenvalue weighted by Crippen LogP contribution is -2.32. The van der Waals surface area contributed by atoms with E-state index in [4.69, 9.17) is 14.6 Å². The maximum atomic E-state index is 11.4. The van der Waals surface area contributed by atoms with E-state index in [1.54, 1.807) is 24.3 Å². The monoisotopic (exact) mass is 267 g/mol. The minimum Gasteiger partial charge on any atom is -0.494 e. The molecule has 6 nitrogen and oxygen atoms in total. The van der Waals surface area contributed by atoms with Crippen molar-refractivity contribution >= 4 is 12.1 Å². The zero-order valence-electron chi connectivity index (χ0n) is 11.0. The summed E-state index contributed by atoms with van der Waals surface area (Å²) in [4.78, 5) is 22.9. The second-order valence-corrected chi connectivity index (χ2v) is 3.88. The average Bonchev–Trinajstić information content (AvgIpc) is 2.37. The maximum Gasteiger partial charge on any atom is 0.410 e. The van der Waals surface area contributed by atoms with E-state index in [9.17, 15) is 9.59 Å². The van der Waals surface area contributed by atoms with E-state index in [0.717, 1.165) is 16.2 Å². The molecule has 0 heterocycles. The topological polar surface area (TPSA) is 76.1 Å². The van der Waals surface area contributed by atoms with E-state index < -0.39 is 12.1 Å². The molecule has 0 spiro atoms. The van der Waals surface area contributed by atoms with Crippen molar-refractivity contribution in [3.63, 3.8) is 0 Å². The molecule has 0 unspecified atom stereocenters. The Morgan fingerprint density at radius 3 is 2.42 bits per heavy atom. The molecule has 0 aliphatic rings. The van der Waals surface area contributed by atoms with E-state index in [0.29, 0.717) is 6.61 Å². The van der Waals surface area contributed by atoms with Crippen LogP contribution in [0.2, 0.25) is 0 Å². The van der Waals surface area contributed by atoms with Gasteiger partial charge in [-0.2, -0.15) is 0 Å². The van der Waals surface area contributed by atoms with Crippen LogP contribution in [0.5, 0.6) is 5.75 Å². The van der Waals surface area contributed by atoms with Crippen molar-refractivity contribution in [2.45, 2.75) is 13.5 Å². The molecule has 1 N–H and O–H groups in total. The van der Waals surface area contributed by atoms with Crippen LogP contribution in [0, 0.1) is 0 Å². The van der Waals surface area contributed by atoms with Gasteiger partial charge in [0.2, 0.25) is 0 Å². The Morgan fingerprint density at radius 2 is 1.89 bits per heavy atom. The van der Waals surface area contributed by atoms with Crippen LogP contribution in [-0.2, 0) is 16.1 Å². The predicted octanol–water partition coefficient (Wildman–Crippen LogP) is 1.74. The molecule has 0 aliphatic carbocycles. The number of carboxylic acid groups (broad SMARTS) is 1.